The second-order valence-corrected chi connectivity index (χ2v) is 10.2. The minimum atomic E-state index is -5.04. The smallest absolute Gasteiger partial charge is 0.422 e. The molecule has 1 aromatic heterocycles. The summed E-state index contributed by atoms with van der Waals surface area (Å²) in [6.45, 7) is 2.44. The average molecular weight is 615 g/mol. The van der Waals surface area contributed by atoms with Crippen LogP contribution in [0, 0.1) is 11.6 Å². The van der Waals surface area contributed by atoms with E-state index >= 15 is 0 Å². The van der Waals surface area contributed by atoms with E-state index < -0.39 is 35.5 Å². The first-order chi connectivity index (χ1) is 20.8. The lowest BCUT2D eigenvalue weighted by atomic mass is 9.84. The Morgan fingerprint density at radius 3 is 2.52 bits per heavy atom. The first-order valence-corrected chi connectivity index (χ1v) is 13.6. The Morgan fingerprint density at radius 2 is 1.82 bits per heavy atom. The van der Waals surface area contributed by atoms with E-state index in [4.69, 9.17) is 10.5 Å². The third-order valence-electron chi connectivity index (χ3n) is 7.19. The summed E-state index contributed by atoms with van der Waals surface area (Å²) in [5, 5.41) is 13.9. The standard InChI is InChI=1S/C23H22F4N2O3.C9H9FN2/c1-3-14(16-6-4-5-7-20(16)32-2)12-22(31,23(25,26)27)13-28-18-10-15(24)11-19-17(18)8-9-21(30)29-19;10-6-4-8(11)7-2-1-3-12-9(7)5-6/h4-11,13-14,31H,3,12H2,1-2H3,(H,29,30);1-2,4-5,12H,3,11H2. The number of para-hydroxylation sites is 1. The summed E-state index contributed by atoms with van der Waals surface area (Å²) in [4.78, 5) is 17.7. The molecule has 0 fully saturated rings. The summed E-state index contributed by atoms with van der Waals surface area (Å²) in [6, 6.07) is 13.9. The van der Waals surface area contributed by atoms with Crippen molar-refractivity contribution in [3.8, 4) is 5.75 Å². The number of nitrogens with zero attached hydrogens (tertiary/aromatic N) is 1. The number of rotatable bonds is 7. The van der Waals surface area contributed by atoms with E-state index in [1.807, 2.05) is 12.2 Å². The second kappa shape index (κ2) is 13.3. The molecule has 4 aromatic rings. The molecule has 12 heteroatoms. The van der Waals surface area contributed by atoms with E-state index in [0.29, 0.717) is 29.6 Å². The van der Waals surface area contributed by atoms with Gasteiger partial charge in [-0.15, -0.1) is 0 Å². The number of aliphatic hydroxyl groups is 1. The number of H-pyrrole nitrogens is 1. The zero-order chi connectivity index (χ0) is 32.1. The molecular formula is C32H31F5N4O3. The van der Waals surface area contributed by atoms with Crippen LogP contribution in [0.2, 0.25) is 0 Å². The molecule has 1 aliphatic heterocycles. The molecule has 1 aliphatic rings. The van der Waals surface area contributed by atoms with Crippen LogP contribution in [-0.2, 0) is 0 Å². The minimum absolute atomic E-state index is 0.0839. The molecule has 232 valence electrons. The highest BCUT2D eigenvalue weighted by Gasteiger charge is 2.53. The highest BCUT2D eigenvalue weighted by Crippen LogP contribution is 2.41. The van der Waals surface area contributed by atoms with Crippen LogP contribution in [0.3, 0.4) is 0 Å². The van der Waals surface area contributed by atoms with Gasteiger partial charge in [-0.05, 0) is 54.7 Å². The van der Waals surface area contributed by atoms with Crippen LogP contribution in [0.4, 0.5) is 39.0 Å². The summed E-state index contributed by atoms with van der Waals surface area (Å²) in [7, 11) is 1.42. The summed E-state index contributed by atoms with van der Waals surface area (Å²) >= 11 is 0. The number of aliphatic imine (C=N–C) groups is 1. The predicted octanol–water partition coefficient (Wildman–Crippen LogP) is 7.10. The van der Waals surface area contributed by atoms with Gasteiger partial charge >= 0.3 is 6.18 Å². The van der Waals surface area contributed by atoms with Crippen molar-refractivity contribution in [1.82, 2.24) is 4.98 Å². The summed E-state index contributed by atoms with van der Waals surface area (Å²) in [6.07, 6.45) is -1.19. The first-order valence-electron chi connectivity index (χ1n) is 13.6. The molecule has 2 unspecified atom stereocenters. The zero-order valence-electron chi connectivity index (χ0n) is 23.9. The van der Waals surface area contributed by atoms with E-state index in [1.165, 1.54) is 25.3 Å². The molecule has 7 nitrogen and oxygen atoms in total. The van der Waals surface area contributed by atoms with Gasteiger partial charge in [0, 0.05) is 47.2 Å². The Labute approximate surface area is 249 Å². The highest BCUT2D eigenvalue weighted by atomic mass is 19.4. The lowest BCUT2D eigenvalue weighted by Crippen LogP contribution is -2.47. The Morgan fingerprint density at radius 1 is 1.09 bits per heavy atom. The van der Waals surface area contributed by atoms with Gasteiger partial charge in [0.1, 0.15) is 17.4 Å². The van der Waals surface area contributed by atoms with Gasteiger partial charge in [-0.1, -0.05) is 37.3 Å². The van der Waals surface area contributed by atoms with Crippen molar-refractivity contribution in [2.24, 2.45) is 4.99 Å². The molecule has 0 saturated heterocycles. The predicted molar refractivity (Wildman–Crippen MR) is 163 cm³/mol. The number of ether oxygens (including phenoxy) is 1. The number of methoxy groups -OCH3 is 1. The molecule has 0 spiro atoms. The third kappa shape index (κ3) is 7.25. The molecule has 0 saturated carbocycles. The maximum atomic E-state index is 14.0. The zero-order valence-corrected chi connectivity index (χ0v) is 23.9. The average Bonchev–Trinajstić information content (AvgIpc) is 2.98. The maximum Gasteiger partial charge on any atom is 0.422 e. The van der Waals surface area contributed by atoms with Crippen molar-refractivity contribution >= 4 is 40.3 Å². The summed E-state index contributed by atoms with van der Waals surface area (Å²) in [5.41, 5.74) is 4.43. The van der Waals surface area contributed by atoms with Gasteiger partial charge < -0.3 is 25.9 Å². The molecule has 0 radical (unpaired) electrons. The van der Waals surface area contributed by atoms with Crippen molar-refractivity contribution in [2.45, 2.75) is 37.5 Å². The fraction of sp³-hybridized carbons (Fsp3) is 0.250. The number of anilines is 2. The normalized spacial score (nSPS) is 14.7. The molecule has 0 aliphatic carbocycles. The molecule has 2 heterocycles. The molecule has 3 aromatic carbocycles. The van der Waals surface area contributed by atoms with Crippen LogP contribution < -0.4 is 21.3 Å². The number of alkyl halides is 3. The second-order valence-electron chi connectivity index (χ2n) is 10.2. The molecule has 5 N–H and O–H groups in total. The fourth-order valence-corrected chi connectivity index (χ4v) is 4.91. The van der Waals surface area contributed by atoms with Gasteiger partial charge in [-0.25, -0.2) is 8.78 Å². The van der Waals surface area contributed by atoms with E-state index in [-0.39, 0.29) is 22.4 Å². The highest BCUT2D eigenvalue weighted by molar-refractivity contribution is 5.92. The van der Waals surface area contributed by atoms with Crippen molar-refractivity contribution in [2.75, 3.05) is 24.7 Å². The maximum absolute atomic E-state index is 14.0. The van der Waals surface area contributed by atoms with Gasteiger partial charge in [0.25, 0.3) is 0 Å². The Hall–Kier alpha value is -4.71. The largest absolute Gasteiger partial charge is 0.496 e. The number of nitrogen functional groups attached to an aromatic ring is 1. The van der Waals surface area contributed by atoms with Crippen molar-refractivity contribution in [1.29, 1.82) is 0 Å². The topological polar surface area (TPSA) is 113 Å². The molecule has 5 rings (SSSR count). The fourth-order valence-electron chi connectivity index (χ4n) is 4.91. The van der Waals surface area contributed by atoms with E-state index in [0.717, 1.165) is 36.0 Å². The molecular weight excluding hydrogens is 583 g/mol. The number of hydrogen-bond acceptors (Lipinski definition) is 6. The number of aromatic amines is 1. The first kappa shape index (κ1) is 32.2. The summed E-state index contributed by atoms with van der Waals surface area (Å²) in [5.74, 6) is -1.36. The number of nitrogens with one attached hydrogen (secondary N) is 2. The summed E-state index contributed by atoms with van der Waals surface area (Å²) < 4.78 is 73.9. The molecule has 44 heavy (non-hydrogen) atoms. The third-order valence-corrected chi connectivity index (χ3v) is 7.19. The van der Waals surface area contributed by atoms with Crippen LogP contribution in [-0.4, -0.2) is 41.7 Å². The Kier molecular flexibility index (Phi) is 9.73. The van der Waals surface area contributed by atoms with Gasteiger partial charge in [0.2, 0.25) is 5.56 Å². The van der Waals surface area contributed by atoms with E-state index in [9.17, 15) is 31.9 Å². The van der Waals surface area contributed by atoms with Gasteiger partial charge in [0.15, 0.2) is 5.60 Å². The number of pyridine rings is 1. The van der Waals surface area contributed by atoms with Crippen LogP contribution in [0.5, 0.6) is 5.75 Å². The van der Waals surface area contributed by atoms with E-state index in [2.05, 4.69) is 15.3 Å². The number of nitrogens with two attached hydrogens (primary N) is 1. The number of fused-ring (bicyclic) bond motifs is 2. The SMILES string of the molecule is CCC(CC(O)(C=Nc1cc(F)cc2[nH]c(=O)ccc12)C(F)(F)F)c1ccccc1OC.Nc1cc(F)cc2c1C=CCN2. The van der Waals surface area contributed by atoms with Crippen LogP contribution in [0.15, 0.2) is 76.5 Å². The van der Waals surface area contributed by atoms with Gasteiger partial charge in [-0.2, -0.15) is 13.2 Å². The van der Waals surface area contributed by atoms with E-state index in [1.54, 1.807) is 31.2 Å². The minimum Gasteiger partial charge on any atom is -0.496 e. The van der Waals surface area contributed by atoms with Crippen LogP contribution in [0.1, 0.15) is 36.8 Å². The lowest BCUT2D eigenvalue weighted by molar-refractivity contribution is -0.232. The van der Waals surface area contributed by atoms with Crippen LogP contribution >= 0.6 is 0 Å². The van der Waals surface area contributed by atoms with Crippen molar-refractivity contribution in [3.05, 3.63) is 99.9 Å². The number of aromatic nitrogens is 1. The van der Waals surface area contributed by atoms with Gasteiger partial charge in [0.05, 0.1) is 18.3 Å². The number of hydrogen-bond donors (Lipinski definition) is 4. The van der Waals surface area contributed by atoms with Crippen LogP contribution in [0.25, 0.3) is 17.0 Å². The molecule has 0 bridgehead atoms. The monoisotopic (exact) mass is 614 g/mol. The molecule has 0 amide bonds. The van der Waals surface area contributed by atoms with Crippen molar-refractivity contribution < 1.29 is 31.8 Å². The lowest BCUT2D eigenvalue weighted by Gasteiger charge is -2.31. The Bertz CT molecular complexity index is 1750. The quantitative estimate of drug-likeness (QED) is 0.101. The van der Waals surface area contributed by atoms with Crippen molar-refractivity contribution in [3.63, 3.8) is 0 Å². The van der Waals surface area contributed by atoms with Gasteiger partial charge in [-0.3, -0.25) is 9.79 Å². The Balaban J connectivity index is 0.000000305. The molecule has 2 atom stereocenters. The number of halogens is 5. The number of benzene rings is 3.